The first-order valence-corrected chi connectivity index (χ1v) is 12.3. The van der Waals surface area contributed by atoms with E-state index in [1.54, 1.807) is 54.6 Å². The lowest BCUT2D eigenvalue weighted by molar-refractivity contribution is -0.124. The molecule has 4 amide bonds. The first-order valence-electron chi connectivity index (χ1n) is 12.3. The van der Waals surface area contributed by atoms with Crippen molar-refractivity contribution in [2.45, 2.75) is 39.2 Å². The van der Waals surface area contributed by atoms with Crippen LogP contribution < -0.4 is 15.0 Å². The second-order valence-electron chi connectivity index (χ2n) is 9.01. The number of carbonyl (C=O) groups excluding carboxylic acids is 3. The lowest BCUT2D eigenvalue weighted by Gasteiger charge is -2.21. The molecule has 0 aliphatic carbocycles. The van der Waals surface area contributed by atoms with Crippen molar-refractivity contribution in [1.29, 1.82) is 0 Å². The van der Waals surface area contributed by atoms with Crippen molar-refractivity contribution in [1.82, 2.24) is 4.90 Å². The van der Waals surface area contributed by atoms with Crippen LogP contribution in [-0.4, -0.2) is 41.9 Å². The highest BCUT2D eigenvalue weighted by atomic mass is 19.1. The summed E-state index contributed by atoms with van der Waals surface area (Å²) in [5.74, 6) is -0.474. The number of nitrogens with zero attached hydrogens (tertiary/aromatic N) is 2. The fraction of sp³-hybridized carbons (Fsp3) is 0.276. The third-order valence-corrected chi connectivity index (χ3v) is 6.12. The Balaban J connectivity index is 1.50. The zero-order valence-electron chi connectivity index (χ0n) is 20.9. The van der Waals surface area contributed by atoms with E-state index in [9.17, 15) is 18.8 Å². The fourth-order valence-corrected chi connectivity index (χ4v) is 4.23. The summed E-state index contributed by atoms with van der Waals surface area (Å²) in [6.45, 7) is 4.71. The lowest BCUT2D eigenvalue weighted by Crippen LogP contribution is -2.39. The van der Waals surface area contributed by atoms with Crippen molar-refractivity contribution in [2.75, 3.05) is 23.4 Å². The number of hydrogen-bond donors (Lipinski definition) is 1. The maximum absolute atomic E-state index is 13.4. The van der Waals surface area contributed by atoms with Gasteiger partial charge in [-0.3, -0.25) is 9.59 Å². The van der Waals surface area contributed by atoms with Gasteiger partial charge in [0.25, 0.3) is 5.91 Å². The van der Waals surface area contributed by atoms with E-state index in [1.807, 2.05) is 19.9 Å². The van der Waals surface area contributed by atoms with Crippen LogP contribution in [0.1, 0.15) is 30.9 Å². The van der Waals surface area contributed by atoms with Crippen LogP contribution in [0.2, 0.25) is 0 Å². The molecule has 0 unspecified atom stereocenters. The van der Waals surface area contributed by atoms with Crippen LogP contribution in [0.15, 0.2) is 72.8 Å². The van der Waals surface area contributed by atoms with Crippen molar-refractivity contribution >= 4 is 29.2 Å². The van der Waals surface area contributed by atoms with E-state index in [0.29, 0.717) is 30.2 Å². The van der Waals surface area contributed by atoms with E-state index in [-0.39, 0.29) is 24.7 Å². The largest absolute Gasteiger partial charge is 0.494 e. The third-order valence-electron chi connectivity index (χ3n) is 6.12. The summed E-state index contributed by atoms with van der Waals surface area (Å²) in [6.07, 6.45) is 1.12. The lowest BCUT2D eigenvalue weighted by atomic mass is 10.1. The van der Waals surface area contributed by atoms with Crippen molar-refractivity contribution < 1.29 is 23.5 Å². The normalized spacial score (nSPS) is 15.3. The van der Waals surface area contributed by atoms with Gasteiger partial charge in [0, 0.05) is 12.2 Å². The molecule has 0 spiro atoms. The molecule has 1 aliphatic rings. The Morgan fingerprint density at radius 3 is 2.43 bits per heavy atom. The monoisotopic (exact) mass is 503 g/mol. The number of ether oxygens (including phenoxy) is 1. The summed E-state index contributed by atoms with van der Waals surface area (Å²) >= 11 is 0. The zero-order chi connectivity index (χ0) is 26.4. The number of halogens is 1. The van der Waals surface area contributed by atoms with Crippen molar-refractivity contribution in [2.24, 2.45) is 0 Å². The molecule has 1 aliphatic heterocycles. The Bertz CT molecular complexity index is 1260. The molecule has 8 heteroatoms. The Hall–Kier alpha value is -4.20. The van der Waals surface area contributed by atoms with Crippen molar-refractivity contribution in [3.05, 3.63) is 89.7 Å². The van der Waals surface area contributed by atoms with Crippen LogP contribution in [0.3, 0.4) is 0 Å². The molecule has 1 saturated heterocycles. The van der Waals surface area contributed by atoms with Gasteiger partial charge >= 0.3 is 6.03 Å². The number of imide groups is 1. The Kier molecular flexibility index (Phi) is 8.18. The standard InChI is InChI=1S/C29H30FN3O4/c1-3-17-37-25-13-11-23(12-14-25)31-27(34)19-26-28(35)33(24-6-4-5-20(2)18-24)29(36)32(26)16-15-21-7-9-22(30)10-8-21/h4-14,18,26H,3,15-17,19H2,1-2H3,(H,31,34)/t26-/m0/s1. The van der Waals surface area contributed by atoms with Gasteiger partial charge in [-0.1, -0.05) is 31.2 Å². The van der Waals surface area contributed by atoms with E-state index in [0.717, 1.165) is 22.4 Å². The van der Waals surface area contributed by atoms with Gasteiger partial charge in [0.15, 0.2) is 0 Å². The Morgan fingerprint density at radius 2 is 1.76 bits per heavy atom. The van der Waals surface area contributed by atoms with Gasteiger partial charge in [-0.15, -0.1) is 0 Å². The molecule has 1 N–H and O–H groups in total. The Labute approximate surface area is 215 Å². The highest BCUT2D eigenvalue weighted by molar-refractivity contribution is 6.22. The molecule has 1 fully saturated rings. The van der Waals surface area contributed by atoms with Crippen molar-refractivity contribution in [3.63, 3.8) is 0 Å². The predicted octanol–water partition coefficient (Wildman–Crippen LogP) is 5.33. The molecule has 0 aromatic heterocycles. The molecule has 7 nitrogen and oxygen atoms in total. The predicted molar refractivity (Wildman–Crippen MR) is 140 cm³/mol. The van der Waals surface area contributed by atoms with Crippen LogP contribution in [0.4, 0.5) is 20.6 Å². The number of amides is 4. The summed E-state index contributed by atoms with van der Waals surface area (Å²) in [6, 6.07) is 18.7. The van der Waals surface area contributed by atoms with Gasteiger partial charge in [0.05, 0.1) is 18.7 Å². The number of urea groups is 1. The SMILES string of the molecule is CCCOc1ccc(NC(=O)C[C@H]2C(=O)N(c3cccc(C)c3)C(=O)N2CCc2ccc(F)cc2)cc1. The molecule has 0 bridgehead atoms. The minimum absolute atomic E-state index is 0.190. The number of benzene rings is 3. The average Bonchev–Trinajstić information content (AvgIpc) is 3.11. The van der Waals surface area contributed by atoms with Gasteiger partial charge in [-0.05, 0) is 79.4 Å². The quantitative estimate of drug-likeness (QED) is 0.379. The summed E-state index contributed by atoms with van der Waals surface area (Å²) in [4.78, 5) is 42.3. The molecule has 3 aromatic rings. The van der Waals surface area contributed by atoms with Gasteiger partial charge in [-0.2, -0.15) is 0 Å². The third kappa shape index (κ3) is 6.33. The van der Waals surface area contributed by atoms with E-state index in [1.165, 1.54) is 17.0 Å². The molecule has 1 heterocycles. The van der Waals surface area contributed by atoms with Crippen LogP contribution in [0.5, 0.6) is 5.75 Å². The maximum Gasteiger partial charge on any atom is 0.332 e. The number of anilines is 2. The van der Waals surface area contributed by atoms with Gasteiger partial charge in [0.1, 0.15) is 17.6 Å². The summed E-state index contributed by atoms with van der Waals surface area (Å²) in [7, 11) is 0. The zero-order valence-corrected chi connectivity index (χ0v) is 20.9. The second-order valence-corrected chi connectivity index (χ2v) is 9.01. The smallest absolute Gasteiger partial charge is 0.332 e. The topological polar surface area (TPSA) is 79.0 Å². The minimum atomic E-state index is -0.958. The van der Waals surface area contributed by atoms with E-state index < -0.39 is 18.0 Å². The van der Waals surface area contributed by atoms with Crippen LogP contribution in [-0.2, 0) is 16.0 Å². The summed E-state index contributed by atoms with van der Waals surface area (Å²) in [5, 5.41) is 2.81. The van der Waals surface area contributed by atoms with Crippen molar-refractivity contribution in [3.8, 4) is 5.75 Å². The number of nitrogens with one attached hydrogen (secondary N) is 1. The molecule has 0 saturated carbocycles. The first-order chi connectivity index (χ1) is 17.9. The highest BCUT2D eigenvalue weighted by Gasteiger charge is 2.46. The van der Waals surface area contributed by atoms with E-state index >= 15 is 0 Å². The number of hydrogen-bond acceptors (Lipinski definition) is 4. The molecule has 1 atom stereocenters. The van der Waals surface area contributed by atoms with Gasteiger partial charge in [-0.25, -0.2) is 14.1 Å². The van der Waals surface area contributed by atoms with Gasteiger partial charge < -0.3 is 15.0 Å². The average molecular weight is 504 g/mol. The van der Waals surface area contributed by atoms with E-state index in [4.69, 9.17) is 4.74 Å². The number of aryl methyl sites for hydroxylation is 1. The molecule has 0 radical (unpaired) electrons. The fourth-order valence-electron chi connectivity index (χ4n) is 4.23. The number of rotatable bonds is 10. The highest BCUT2D eigenvalue weighted by Crippen LogP contribution is 2.28. The minimum Gasteiger partial charge on any atom is -0.494 e. The Morgan fingerprint density at radius 1 is 1.03 bits per heavy atom. The maximum atomic E-state index is 13.4. The summed E-state index contributed by atoms with van der Waals surface area (Å²) < 4.78 is 18.9. The van der Waals surface area contributed by atoms with E-state index in [2.05, 4.69) is 5.32 Å². The number of carbonyl (C=O) groups is 3. The van der Waals surface area contributed by atoms with Crippen LogP contribution >= 0.6 is 0 Å². The molecule has 37 heavy (non-hydrogen) atoms. The first kappa shape index (κ1) is 25.9. The summed E-state index contributed by atoms with van der Waals surface area (Å²) in [5.41, 5.74) is 2.76. The molecule has 4 rings (SSSR count). The molecular formula is C29H30FN3O4. The second kappa shape index (κ2) is 11.7. The molecule has 192 valence electrons. The van der Waals surface area contributed by atoms with Crippen LogP contribution in [0, 0.1) is 12.7 Å². The molecule has 3 aromatic carbocycles. The van der Waals surface area contributed by atoms with Crippen LogP contribution in [0.25, 0.3) is 0 Å². The molecular weight excluding hydrogens is 473 g/mol. The van der Waals surface area contributed by atoms with Gasteiger partial charge in [0.2, 0.25) is 5.91 Å².